The van der Waals surface area contributed by atoms with Crippen molar-refractivity contribution in [2.75, 3.05) is 13.1 Å². The Morgan fingerprint density at radius 2 is 1.48 bits per heavy atom. The van der Waals surface area contributed by atoms with Gasteiger partial charge in [0.05, 0.1) is 30.3 Å². The van der Waals surface area contributed by atoms with Crippen molar-refractivity contribution in [2.24, 2.45) is 41.4 Å². The van der Waals surface area contributed by atoms with E-state index in [1.165, 1.54) is 33.1 Å². The predicted molar refractivity (Wildman–Crippen MR) is 182 cm³/mol. The lowest BCUT2D eigenvalue weighted by Gasteiger charge is -2.57. The number of rotatable bonds is 14. The van der Waals surface area contributed by atoms with E-state index in [-0.39, 0.29) is 42.8 Å². The molecule has 15 heteroatoms. The molecule has 0 radical (unpaired) electrons. The minimum Gasteiger partial charge on any atom is -0.481 e. The van der Waals surface area contributed by atoms with Crippen LogP contribution in [0, 0.1) is 46.8 Å². The number of aliphatic hydroxyl groups excluding tert-OH is 2. The Bertz CT molecular complexity index is 1260. The molecule has 0 aromatic carbocycles. The quantitative estimate of drug-likeness (QED) is 0.0888. The highest BCUT2D eigenvalue weighted by molar-refractivity contribution is 5.86. The molecule has 0 aromatic heterocycles. The summed E-state index contributed by atoms with van der Waals surface area (Å²) < 4.78 is 6.29. The SMILES string of the molecule is CCC(CC)C(CNC(C)=O)C1C(NC(=N)NC2(C(=O)O)CC(O)C(NC(C)=O)C(CNC34CC5CC(CC(C5)C3)C4)O2)CC(C(=O)O)C1O. The Kier molecular flexibility index (Phi) is 11.7. The van der Waals surface area contributed by atoms with Crippen molar-refractivity contribution in [1.29, 1.82) is 5.41 Å². The van der Waals surface area contributed by atoms with E-state index in [4.69, 9.17) is 10.1 Å². The summed E-state index contributed by atoms with van der Waals surface area (Å²) in [6.07, 6.45) is 4.15. The average Bonchev–Trinajstić information content (AvgIpc) is 3.33. The second-order valence-electron chi connectivity index (χ2n) is 16.0. The third-order valence-corrected chi connectivity index (χ3v) is 12.6. The molecule has 1 aliphatic heterocycles. The van der Waals surface area contributed by atoms with E-state index in [0.717, 1.165) is 19.3 Å². The van der Waals surface area contributed by atoms with Gasteiger partial charge in [-0.2, -0.15) is 0 Å². The monoisotopic (exact) mass is 706 g/mol. The highest BCUT2D eigenvalue weighted by atomic mass is 16.6. The van der Waals surface area contributed by atoms with Crippen molar-refractivity contribution in [2.45, 2.75) is 134 Å². The second-order valence-corrected chi connectivity index (χ2v) is 16.0. The van der Waals surface area contributed by atoms with Gasteiger partial charge in [0, 0.05) is 50.9 Å². The molecular formula is C35H58N6O9. The van der Waals surface area contributed by atoms with E-state index in [1.807, 2.05) is 13.8 Å². The summed E-state index contributed by atoms with van der Waals surface area (Å²) in [6, 6.07) is -1.66. The molecule has 5 aliphatic carbocycles. The lowest BCUT2D eigenvalue weighted by atomic mass is 9.53. The topological polar surface area (TPSA) is 242 Å². The van der Waals surface area contributed by atoms with E-state index in [2.05, 4.69) is 26.6 Å². The third-order valence-electron chi connectivity index (χ3n) is 12.6. The average molecular weight is 707 g/mol. The summed E-state index contributed by atoms with van der Waals surface area (Å²) in [5, 5.41) is 67.0. The molecule has 282 valence electrons. The van der Waals surface area contributed by atoms with Gasteiger partial charge in [-0.15, -0.1) is 0 Å². The van der Waals surface area contributed by atoms with E-state index >= 15 is 0 Å². The number of carboxylic acid groups (broad SMARTS) is 2. The van der Waals surface area contributed by atoms with Crippen LogP contribution in [0.5, 0.6) is 0 Å². The van der Waals surface area contributed by atoms with E-state index < -0.39 is 78.2 Å². The van der Waals surface area contributed by atoms with Crippen molar-refractivity contribution < 1.29 is 44.3 Å². The maximum atomic E-state index is 13.0. The molecule has 4 bridgehead atoms. The zero-order valence-electron chi connectivity index (χ0n) is 29.7. The van der Waals surface area contributed by atoms with E-state index in [1.54, 1.807) is 0 Å². The van der Waals surface area contributed by atoms with Gasteiger partial charge in [0.25, 0.3) is 0 Å². The van der Waals surface area contributed by atoms with Crippen LogP contribution >= 0.6 is 0 Å². The molecular weight excluding hydrogens is 648 g/mol. The minimum absolute atomic E-state index is 0.0237. The normalized spacial score (nSPS) is 39.5. The predicted octanol–water partition coefficient (Wildman–Crippen LogP) is 0.733. The van der Waals surface area contributed by atoms with Crippen LogP contribution in [0.3, 0.4) is 0 Å². The van der Waals surface area contributed by atoms with Gasteiger partial charge in [0.15, 0.2) is 5.96 Å². The van der Waals surface area contributed by atoms with Crippen LogP contribution in [0.4, 0.5) is 0 Å². The number of carbonyl (C=O) groups excluding carboxylic acids is 2. The molecule has 1 heterocycles. The molecule has 2 amide bonds. The minimum atomic E-state index is -2.25. The van der Waals surface area contributed by atoms with Crippen LogP contribution in [0.15, 0.2) is 0 Å². The summed E-state index contributed by atoms with van der Waals surface area (Å²) >= 11 is 0. The summed E-state index contributed by atoms with van der Waals surface area (Å²) in [5.74, 6) is -3.94. The third kappa shape index (κ3) is 8.05. The molecule has 0 spiro atoms. The maximum Gasteiger partial charge on any atom is 0.357 e. The lowest BCUT2D eigenvalue weighted by molar-refractivity contribution is -0.208. The van der Waals surface area contributed by atoms with Crippen LogP contribution in [0.1, 0.15) is 91.9 Å². The first-order valence-electron chi connectivity index (χ1n) is 18.5. The molecule has 5 saturated carbocycles. The molecule has 0 aromatic rings. The van der Waals surface area contributed by atoms with Crippen molar-refractivity contribution in [3.05, 3.63) is 0 Å². The standard InChI is InChI=1S/C35H58N6O9/c1-5-22(6-2)24(15-37-17(3)42)28-25(10-23(30(28)45)31(46)47)40-33(36)41-35(32(48)49)14-26(44)29(39-18(4)43)27(50-35)16-38-34-11-19-7-20(12-34)9-21(8-19)13-34/h19-30,38,44-45H,5-16H2,1-4H3,(H,37,42)(H,39,43)(H,46,47)(H,48,49)(H3,36,40,41). The number of hydrogen-bond acceptors (Lipinski definition) is 9. The number of guanidine groups is 1. The zero-order chi connectivity index (χ0) is 36.5. The fourth-order valence-corrected chi connectivity index (χ4v) is 10.8. The Balaban J connectivity index is 1.35. The number of carboxylic acids is 2. The number of amides is 2. The van der Waals surface area contributed by atoms with Gasteiger partial charge in [0.2, 0.25) is 17.5 Å². The van der Waals surface area contributed by atoms with Gasteiger partial charge in [0.1, 0.15) is 0 Å². The molecule has 9 atom stereocenters. The summed E-state index contributed by atoms with van der Waals surface area (Å²) in [6.45, 7) is 7.07. The van der Waals surface area contributed by atoms with Crippen LogP contribution in [-0.2, 0) is 23.9 Å². The smallest absolute Gasteiger partial charge is 0.357 e. The van der Waals surface area contributed by atoms with Crippen molar-refractivity contribution in [3.8, 4) is 0 Å². The van der Waals surface area contributed by atoms with Crippen molar-refractivity contribution in [3.63, 3.8) is 0 Å². The molecule has 15 nitrogen and oxygen atoms in total. The largest absolute Gasteiger partial charge is 0.481 e. The number of ether oxygens (including phenoxy) is 1. The van der Waals surface area contributed by atoms with Gasteiger partial charge < -0.3 is 51.7 Å². The Morgan fingerprint density at radius 3 is 1.98 bits per heavy atom. The van der Waals surface area contributed by atoms with Gasteiger partial charge >= 0.3 is 11.9 Å². The van der Waals surface area contributed by atoms with Crippen LogP contribution in [0.25, 0.3) is 0 Å². The first-order chi connectivity index (χ1) is 23.6. The Hall–Kier alpha value is -3.01. The van der Waals surface area contributed by atoms with E-state index in [9.17, 15) is 39.6 Å². The molecule has 50 heavy (non-hydrogen) atoms. The highest BCUT2D eigenvalue weighted by Gasteiger charge is 2.56. The summed E-state index contributed by atoms with van der Waals surface area (Å²) in [7, 11) is 0. The fraction of sp³-hybridized carbons (Fsp3) is 0.857. The maximum absolute atomic E-state index is 13.0. The number of hydrogen-bond donors (Lipinski definition) is 10. The van der Waals surface area contributed by atoms with Gasteiger partial charge in [-0.3, -0.25) is 19.8 Å². The molecule has 6 rings (SSSR count). The first-order valence-corrected chi connectivity index (χ1v) is 18.5. The number of aliphatic carboxylic acids is 2. The molecule has 9 unspecified atom stereocenters. The van der Waals surface area contributed by atoms with Crippen LogP contribution < -0.4 is 26.6 Å². The second kappa shape index (κ2) is 15.3. The van der Waals surface area contributed by atoms with Crippen LogP contribution in [0.2, 0.25) is 0 Å². The summed E-state index contributed by atoms with van der Waals surface area (Å²) in [5.41, 5.74) is -2.35. The van der Waals surface area contributed by atoms with Crippen LogP contribution in [-0.4, -0.2) is 105 Å². The van der Waals surface area contributed by atoms with E-state index in [0.29, 0.717) is 30.6 Å². The number of nitrogens with one attached hydrogen (secondary N) is 6. The fourth-order valence-electron chi connectivity index (χ4n) is 10.8. The number of aliphatic hydroxyl groups is 2. The summed E-state index contributed by atoms with van der Waals surface area (Å²) in [4.78, 5) is 49.3. The molecule has 6 fully saturated rings. The molecule has 10 N–H and O–H groups in total. The van der Waals surface area contributed by atoms with Gasteiger partial charge in [-0.05, 0) is 74.5 Å². The Labute approximate surface area is 293 Å². The van der Waals surface area contributed by atoms with Crippen molar-refractivity contribution >= 4 is 29.7 Å². The number of carbonyl (C=O) groups is 4. The highest BCUT2D eigenvalue weighted by Crippen LogP contribution is 2.55. The van der Waals surface area contributed by atoms with Gasteiger partial charge in [-0.1, -0.05) is 26.7 Å². The first kappa shape index (κ1) is 38.2. The molecule has 1 saturated heterocycles. The molecule has 6 aliphatic rings. The zero-order valence-corrected chi connectivity index (χ0v) is 29.7. The van der Waals surface area contributed by atoms with Gasteiger partial charge in [-0.25, -0.2) is 4.79 Å². The lowest BCUT2D eigenvalue weighted by Crippen LogP contribution is -2.72. The Morgan fingerprint density at radius 1 is 0.880 bits per heavy atom. The van der Waals surface area contributed by atoms with Crippen molar-refractivity contribution in [1.82, 2.24) is 26.6 Å².